The second-order valence-electron chi connectivity index (χ2n) is 7.82. The van der Waals surface area contributed by atoms with Gasteiger partial charge in [-0.2, -0.15) is 0 Å². The SMILES string of the molecule is O=C(O)c1ccc(N2CCC3(CC2)CCN(C2CCC2)CC3)nc1. The van der Waals surface area contributed by atoms with Gasteiger partial charge in [0.2, 0.25) is 0 Å². The number of pyridine rings is 1. The molecule has 0 radical (unpaired) electrons. The Morgan fingerprint density at radius 2 is 1.75 bits per heavy atom. The van der Waals surface area contributed by atoms with Gasteiger partial charge in [-0.3, -0.25) is 0 Å². The van der Waals surface area contributed by atoms with E-state index in [1.165, 1.54) is 64.2 Å². The lowest BCUT2D eigenvalue weighted by Crippen LogP contribution is -2.51. The van der Waals surface area contributed by atoms with Gasteiger partial charge in [-0.05, 0) is 69.2 Å². The van der Waals surface area contributed by atoms with Crippen LogP contribution in [-0.4, -0.2) is 53.2 Å². The molecule has 1 spiro atoms. The summed E-state index contributed by atoms with van der Waals surface area (Å²) < 4.78 is 0. The first-order valence-corrected chi connectivity index (χ1v) is 9.34. The number of hydrogen-bond donors (Lipinski definition) is 1. The Hall–Kier alpha value is -1.62. The molecule has 1 aromatic heterocycles. The molecule has 0 amide bonds. The molecule has 0 bridgehead atoms. The van der Waals surface area contributed by atoms with Crippen LogP contribution in [-0.2, 0) is 0 Å². The molecular weight excluding hydrogens is 302 g/mol. The molecule has 5 heteroatoms. The minimum atomic E-state index is -0.912. The summed E-state index contributed by atoms with van der Waals surface area (Å²) in [5, 5.41) is 8.98. The van der Waals surface area contributed by atoms with Crippen LogP contribution >= 0.6 is 0 Å². The number of carboxylic acids is 1. The summed E-state index contributed by atoms with van der Waals surface area (Å²) in [5.74, 6) is 0.00613. The van der Waals surface area contributed by atoms with Crippen LogP contribution in [0.3, 0.4) is 0 Å². The Morgan fingerprint density at radius 1 is 1.08 bits per heavy atom. The van der Waals surface area contributed by atoms with E-state index in [0.29, 0.717) is 5.41 Å². The number of carboxylic acid groups (broad SMARTS) is 1. The maximum Gasteiger partial charge on any atom is 0.337 e. The second kappa shape index (κ2) is 6.36. The number of piperidine rings is 2. The minimum absolute atomic E-state index is 0.260. The van der Waals surface area contributed by atoms with Crippen molar-refractivity contribution in [3.8, 4) is 0 Å². The summed E-state index contributed by atoms with van der Waals surface area (Å²) in [6.07, 6.45) is 10.9. The third-order valence-electron chi connectivity index (χ3n) is 6.59. The maximum absolute atomic E-state index is 10.9. The van der Waals surface area contributed by atoms with Gasteiger partial charge in [0, 0.05) is 25.3 Å². The molecule has 3 fully saturated rings. The molecule has 4 rings (SSSR count). The monoisotopic (exact) mass is 329 g/mol. The lowest BCUT2D eigenvalue weighted by Gasteiger charge is -2.50. The van der Waals surface area contributed by atoms with Gasteiger partial charge in [-0.25, -0.2) is 9.78 Å². The van der Waals surface area contributed by atoms with E-state index in [0.717, 1.165) is 24.9 Å². The summed E-state index contributed by atoms with van der Waals surface area (Å²) in [7, 11) is 0. The zero-order valence-electron chi connectivity index (χ0n) is 14.3. The Labute approximate surface area is 143 Å². The quantitative estimate of drug-likeness (QED) is 0.924. The smallest absolute Gasteiger partial charge is 0.337 e. The van der Waals surface area contributed by atoms with Crippen molar-refractivity contribution < 1.29 is 9.90 Å². The molecule has 5 nitrogen and oxygen atoms in total. The van der Waals surface area contributed by atoms with E-state index < -0.39 is 5.97 Å². The summed E-state index contributed by atoms with van der Waals surface area (Å²) >= 11 is 0. The first-order valence-electron chi connectivity index (χ1n) is 9.34. The summed E-state index contributed by atoms with van der Waals surface area (Å²) in [6.45, 7) is 4.66. The van der Waals surface area contributed by atoms with Crippen molar-refractivity contribution >= 4 is 11.8 Å². The van der Waals surface area contributed by atoms with Crippen LogP contribution in [0.25, 0.3) is 0 Å². The van der Waals surface area contributed by atoms with Crippen molar-refractivity contribution in [3.05, 3.63) is 23.9 Å². The summed E-state index contributed by atoms with van der Waals surface area (Å²) in [6, 6.07) is 4.40. The third kappa shape index (κ3) is 3.02. The number of nitrogens with zero attached hydrogens (tertiary/aromatic N) is 3. The predicted octanol–water partition coefficient (Wildman–Crippen LogP) is 3.01. The van der Waals surface area contributed by atoms with Crippen LogP contribution < -0.4 is 4.90 Å². The van der Waals surface area contributed by atoms with Crippen LogP contribution in [0.1, 0.15) is 55.3 Å². The van der Waals surface area contributed by atoms with Gasteiger partial charge in [-0.1, -0.05) is 6.42 Å². The fourth-order valence-corrected chi connectivity index (χ4v) is 4.53. The van der Waals surface area contributed by atoms with Crippen molar-refractivity contribution in [2.45, 2.75) is 51.0 Å². The van der Waals surface area contributed by atoms with E-state index in [4.69, 9.17) is 5.11 Å². The van der Waals surface area contributed by atoms with Crippen LogP contribution in [0.4, 0.5) is 5.82 Å². The number of aromatic carboxylic acids is 1. The van der Waals surface area contributed by atoms with Crippen LogP contribution in [0.15, 0.2) is 18.3 Å². The number of likely N-dealkylation sites (tertiary alicyclic amines) is 1. The van der Waals surface area contributed by atoms with Crippen LogP contribution in [0, 0.1) is 5.41 Å². The van der Waals surface area contributed by atoms with Crippen molar-refractivity contribution in [2.24, 2.45) is 5.41 Å². The molecule has 0 unspecified atom stereocenters. The Balaban J connectivity index is 1.32. The number of aromatic nitrogens is 1. The summed E-state index contributed by atoms with van der Waals surface area (Å²) in [4.78, 5) is 20.3. The van der Waals surface area contributed by atoms with Gasteiger partial charge in [-0.15, -0.1) is 0 Å². The van der Waals surface area contributed by atoms with Gasteiger partial charge in [0.25, 0.3) is 0 Å². The molecule has 24 heavy (non-hydrogen) atoms. The molecule has 1 saturated carbocycles. The number of rotatable bonds is 3. The molecule has 1 aromatic rings. The Morgan fingerprint density at radius 3 is 2.25 bits per heavy atom. The maximum atomic E-state index is 10.9. The first kappa shape index (κ1) is 15.9. The highest BCUT2D eigenvalue weighted by molar-refractivity contribution is 5.87. The molecule has 1 aliphatic carbocycles. The van der Waals surface area contributed by atoms with E-state index in [-0.39, 0.29) is 5.56 Å². The van der Waals surface area contributed by atoms with E-state index in [9.17, 15) is 4.79 Å². The van der Waals surface area contributed by atoms with Gasteiger partial charge in [0.15, 0.2) is 0 Å². The number of anilines is 1. The van der Waals surface area contributed by atoms with Gasteiger partial charge in [0.1, 0.15) is 5.82 Å². The lowest BCUT2D eigenvalue weighted by molar-refractivity contribution is 0.0305. The van der Waals surface area contributed by atoms with E-state index in [2.05, 4.69) is 14.8 Å². The number of carbonyl (C=O) groups is 1. The van der Waals surface area contributed by atoms with Gasteiger partial charge in [0.05, 0.1) is 5.56 Å². The highest BCUT2D eigenvalue weighted by atomic mass is 16.4. The molecule has 0 atom stereocenters. The molecular formula is C19H27N3O2. The van der Waals surface area contributed by atoms with E-state index in [1.807, 2.05) is 6.07 Å². The van der Waals surface area contributed by atoms with Crippen LogP contribution in [0.2, 0.25) is 0 Å². The average Bonchev–Trinajstić information content (AvgIpc) is 2.56. The summed E-state index contributed by atoms with van der Waals surface area (Å²) in [5.41, 5.74) is 0.799. The van der Waals surface area contributed by atoms with Crippen LogP contribution in [0.5, 0.6) is 0 Å². The molecule has 0 aromatic carbocycles. The normalized spacial score (nSPS) is 24.8. The largest absolute Gasteiger partial charge is 0.478 e. The van der Waals surface area contributed by atoms with Crippen molar-refractivity contribution in [3.63, 3.8) is 0 Å². The molecule has 3 aliphatic rings. The highest BCUT2D eigenvalue weighted by Gasteiger charge is 2.39. The molecule has 1 N–H and O–H groups in total. The molecule has 130 valence electrons. The zero-order chi connectivity index (χ0) is 16.6. The van der Waals surface area contributed by atoms with E-state index >= 15 is 0 Å². The fraction of sp³-hybridized carbons (Fsp3) is 0.684. The molecule has 2 saturated heterocycles. The van der Waals surface area contributed by atoms with Gasteiger partial charge >= 0.3 is 5.97 Å². The standard InChI is InChI=1S/C19H27N3O2/c23-18(24)15-4-5-17(20-14-15)22-12-8-19(9-13-22)6-10-21(11-7-19)16-2-1-3-16/h4-5,14,16H,1-3,6-13H2,(H,23,24). The third-order valence-corrected chi connectivity index (χ3v) is 6.59. The van der Waals surface area contributed by atoms with Crippen molar-refractivity contribution in [1.82, 2.24) is 9.88 Å². The highest BCUT2D eigenvalue weighted by Crippen LogP contribution is 2.43. The number of hydrogen-bond acceptors (Lipinski definition) is 4. The molecule has 2 aliphatic heterocycles. The molecule has 3 heterocycles. The zero-order valence-corrected chi connectivity index (χ0v) is 14.3. The van der Waals surface area contributed by atoms with E-state index in [1.54, 1.807) is 6.07 Å². The minimum Gasteiger partial charge on any atom is -0.478 e. The van der Waals surface area contributed by atoms with Gasteiger partial charge < -0.3 is 14.9 Å². The second-order valence-corrected chi connectivity index (χ2v) is 7.82. The predicted molar refractivity (Wildman–Crippen MR) is 93.5 cm³/mol. The topological polar surface area (TPSA) is 56.7 Å². The Bertz CT molecular complexity index is 579. The fourth-order valence-electron chi connectivity index (χ4n) is 4.53. The van der Waals surface area contributed by atoms with Crippen molar-refractivity contribution in [2.75, 3.05) is 31.1 Å². The van der Waals surface area contributed by atoms with Crippen molar-refractivity contribution in [1.29, 1.82) is 0 Å². The Kier molecular flexibility index (Phi) is 4.21. The first-order chi connectivity index (χ1) is 11.7. The lowest BCUT2D eigenvalue weighted by atomic mass is 9.70. The average molecular weight is 329 g/mol.